The maximum atomic E-state index is 12.4. The van der Waals surface area contributed by atoms with Crippen LogP contribution in [0.5, 0.6) is 0 Å². The second-order valence-electron chi connectivity index (χ2n) is 8.61. The number of hydrogen-bond donors (Lipinski definition) is 2. The highest BCUT2D eigenvalue weighted by molar-refractivity contribution is 7.17. The second kappa shape index (κ2) is 7.92. The van der Waals surface area contributed by atoms with Crippen LogP contribution in [0.4, 0.5) is 5.00 Å². The van der Waals surface area contributed by atoms with E-state index in [2.05, 4.69) is 26.1 Å². The van der Waals surface area contributed by atoms with Gasteiger partial charge in [0.2, 0.25) is 5.91 Å². The predicted octanol–water partition coefficient (Wildman–Crippen LogP) is 4.96. The highest BCUT2D eigenvalue weighted by Gasteiger charge is 2.33. The molecule has 0 aliphatic heterocycles. The Morgan fingerprint density at radius 2 is 1.89 bits per heavy atom. The zero-order valence-corrected chi connectivity index (χ0v) is 17.8. The maximum Gasteiger partial charge on any atom is 0.251 e. The first-order valence-electron chi connectivity index (χ1n) is 9.65. The molecule has 3 N–H and O–H groups in total. The van der Waals surface area contributed by atoms with Gasteiger partial charge in [0.15, 0.2) is 0 Å². The quantitative estimate of drug-likeness (QED) is 0.717. The Kier molecular flexibility index (Phi) is 5.75. The van der Waals surface area contributed by atoms with Gasteiger partial charge in [-0.25, -0.2) is 0 Å². The van der Waals surface area contributed by atoms with Crippen LogP contribution in [0.15, 0.2) is 30.3 Å². The summed E-state index contributed by atoms with van der Waals surface area (Å²) in [5.41, 5.74) is 9.51. The topological polar surface area (TPSA) is 72.2 Å². The predicted molar refractivity (Wildman–Crippen MR) is 117 cm³/mol. The summed E-state index contributed by atoms with van der Waals surface area (Å²) in [4.78, 5) is 25.7. The van der Waals surface area contributed by atoms with E-state index in [-0.39, 0.29) is 11.3 Å². The van der Waals surface area contributed by atoms with E-state index >= 15 is 0 Å². The fourth-order valence-corrected chi connectivity index (χ4v) is 5.01. The van der Waals surface area contributed by atoms with Crippen molar-refractivity contribution in [2.45, 2.75) is 47.0 Å². The van der Waals surface area contributed by atoms with Crippen molar-refractivity contribution >= 4 is 34.2 Å². The van der Waals surface area contributed by atoms with Crippen molar-refractivity contribution in [1.82, 2.24) is 0 Å². The lowest BCUT2D eigenvalue weighted by Gasteiger charge is -2.33. The van der Waals surface area contributed by atoms with Gasteiger partial charge in [-0.2, -0.15) is 0 Å². The Morgan fingerprint density at radius 3 is 2.50 bits per heavy atom. The van der Waals surface area contributed by atoms with Crippen molar-refractivity contribution in [3.05, 3.63) is 57.5 Å². The highest BCUT2D eigenvalue weighted by Crippen LogP contribution is 2.44. The minimum absolute atomic E-state index is 0.217. The van der Waals surface area contributed by atoms with Crippen LogP contribution in [0.2, 0.25) is 0 Å². The monoisotopic (exact) mass is 396 g/mol. The van der Waals surface area contributed by atoms with E-state index in [9.17, 15) is 9.59 Å². The van der Waals surface area contributed by atoms with Crippen molar-refractivity contribution in [3.8, 4) is 0 Å². The number of rotatable bonds is 4. The molecule has 1 aliphatic carbocycles. The van der Waals surface area contributed by atoms with Gasteiger partial charge in [0.05, 0.1) is 5.56 Å². The first-order valence-corrected chi connectivity index (χ1v) is 10.5. The molecule has 1 aromatic carbocycles. The van der Waals surface area contributed by atoms with E-state index < -0.39 is 5.91 Å². The van der Waals surface area contributed by atoms with E-state index in [1.165, 1.54) is 27.9 Å². The smallest absolute Gasteiger partial charge is 0.251 e. The Labute approximate surface area is 170 Å². The van der Waals surface area contributed by atoms with Crippen LogP contribution in [0.25, 0.3) is 6.08 Å². The number of anilines is 1. The van der Waals surface area contributed by atoms with E-state index in [1.54, 1.807) is 6.08 Å². The molecule has 148 valence electrons. The lowest BCUT2D eigenvalue weighted by Crippen LogP contribution is -2.27. The summed E-state index contributed by atoms with van der Waals surface area (Å²) in [6.45, 7) is 8.78. The number of carbonyl (C=O) groups excluding carboxylic acids is 2. The SMILES string of the molecule is Cc1ccc(C=CC(=O)Nc2sc3c(c2C(N)=O)CCC(C(C)(C)C)C3)cc1. The molecule has 0 bridgehead atoms. The van der Waals surface area contributed by atoms with E-state index in [0.29, 0.717) is 16.5 Å². The summed E-state index contributed by atoms with van der Waals surface area (Å²) in [5, 5.41) is 3.45. The van der Waals surface area contributed by atoms with Gasteiger partial charge in [0, 0.05) is 11.0 Å². The standard InChI is InChI=1S/C23H28N2O2S/c1-14-5-7-15(8-6-14)9-12-19(26)25-22-20(21(24)27)17-11-10-16(23(2,3)4)13-18(17)28-22/h5-9,12,16H,10-11,13H2,1-4H3,(H2,24,27)(H,25,26). The number of hydrogen-bond acceptors (Lipinski definition) is 3. The molecule has 0 saturated heterocycles. The van der Waals surface area contributed by atoms with Gasteiger partial charge in [-0.15, -0.1) is 11.3 Å². The molecule has 0 spiro atoms. The molecular weight excluding hydrogens is 368 g/mol. The third-order valence-corrected chi connectivity index (χ3v) is 6.65. The molecule has 4 nitrogen and oxygen atoms in total. The minimum Gasteiger partial charge on any atom is -0.365 e. The zero-order chi connectivity index (χ0) is 20.5. The Hall–Kier alpha value is -2.40. The lowest BCUT2D eigenvalue weighted by molar-refractivity contribution is -0.111. The number of carbonyl (C=O) groups is 2. The van der Waals surface area contributed by atoms with Crippen molar-refractivity contribution in [2.24, 2.45) is 17.1 Å². The Balaban J connectivity index is 1.80. The average Bonchev–Trinajstić information content (AvgIpc) is 2.97. The first kappa shape index (κ1) is 20.3. The number of nitrogens with two attached hydrogens (primary N) is 1. The van der Waals surface area contributed by atoms with Gasteiger partial charge in [0.1, 0.15) is 5.00 Å². The van der Waals surface area contributed by atoms with Crippen molar-refractivity contribution in [3.63, 3.8) is 0 Å². The van der Waals surface area contributed by atoms with Gasteiger partial charge < -0.3 is 11.1 Å². The molecule has 1 unspecified atom stereocenters. The fraction of sp³-hybridized carbons (Fsp3) is 0.391. The van der Waals surface area contributed by atoms with E-state index in [4.69, 9.17) is 5.73 Å². The lowest BCUT2D eigenvalue weighted by atomic mass is 9.72. The number of amides is 2. The molecule has 0 fully saturated rings. The van der Waals surface area contributed by atoms with Crippen LogP contribution in [0.3, 0.4) is 0 Å². The Morgan fingerprint density at radius 1 is 1.21 bits per heavy atom. The number of fused-ring (bicyclic) bond motifs is 1. The van der Waals surface area contributed by atoms with Crippen LogP contribution < -0.4 is 11.1 Å². The van der Waals surface area contributed by atoms with E-state index in [1.807, 2.05) is 31.2 Å². The molecule has 1 heterocycles. The molecule has 3 rings (SSSR count). The van der Waals surface area contributed by atoms with E-state index in [0.717, 1.165) is 30.4 Å². The van der Waals surface area contributed by atoms with Crippen LogP contribution in [0, 0.1) is 18.3 Å². The maximum absolute atomic E-state index is 12.4. The summed E-state index contributed by atoms with van der Waals surface area (Å²) in [7, 11) is 0. The second-order valence-corrected chi connectivity index (χ2v) is 9.72. The molecule has 0 radical (unpaired) electrons. The zero-order valence-electron chi connectivity index (χ0n) is 17.0. The number of thiophene rings is 1. The molecule has 1 atom stereocenters. The number of nitrogens with one attached hydrogen (secondary N) is 1. The average molecular weight is 397 g/mol. The van der Waals surface area contributed by atoms with Crippen molar-refractivity contribution in [2.75, 3.05) is 5.32 Å². The number of benzene rings is 1. The molecule has 28 heavy (non-hydrogen) atoms. The van der Waals surface area contributed by atoms with Crippen LogP contribution in [-0.2, 0) is 17.6 Å². The third-order valence-electron chi connectivity index (χ3n) is 5.48. The molecule has 1 aromatic heterocycles. The summed E-state index contributed by atoms with van der Waals surface area (Å²) in [5.74, 6) is -0.164. The van der Waals surface area contributed by atoms with Crippen LogP contribution in [0.1, 0.15) is 59.1 Å². The first-order chi connectivity index (χ1) is 13.1. The normalized spacial score (nSPS) is 16.8. The van der Waals surface area contributed by atoms with Gasteiger partial charge in [-0.1, -0.05) is 50.6 Å². The molecule has 5 heteroatoms. The van der Waals surface area contributed by atoms with Crippen LogP contribution in [-0.4, -0.2) is 11.8 Å². The summed E-state index contributed by atoms with van der Waals surface area (Å²) >= 11 is 1.50. The summed E-state index contributed by atoms with van der Waals surface area (Å²) < 4.78 is 0. The van der Waals surface area contributed by atoms with Gasteiger partial charge in [0.25, 0.3) is 5.91 Å². The van der Waals surface area contributed by atoms with Gasteiger partial charge >= 0.3 is 0 Å². The number of aryl methyl sites for hydroxylation is 1. The molecule has 2 aromatic rings. The van der Waals surface area contributed by atoms with Crippen molar-refractivity contribution in [1.29, 1.82) is 0 Å². The van der Waals surface area contributed by atoms with Gasteiger partial charge in [-0.05, 0) is 54.7 Å². The largest absolute Gasteiger partial charge is 0.365 e. The Bertz CT molecular complexity index is 917. The minimum atomic E-state index is -0.468. The summed E-state index contributed by atoms with van der Waals surface area (Å²) in [6.07, 6.45) is 6.06. The van der Waals surface area contributed by atoms with Crippen molar-refractivity contribution < 1.29 is 9.59 Å². The molecule has 0 saturated carbocycles. The fourth-order valence-electron chi connectivity index (χ4n) is 3.68. The summed E-state index contributed by atoms with van der Waals surface area (Å²) in [6, 6.07) is 7.93. The highest BCUT2D eigenvalue weighted by atomic mass is 32.1. The molecule has 2 amide bonds. The van der Waals surface area contributed by atoms with Gasteiger partial charge in [-0.3, -0.25) is 9.59 Å². The molecule has 1 aliphatic rings. The van der Waals surface area contributed by atoms with Crippen LogP contribution >= 0.6 is 11.3 Å². The number of primary amides is 1. The molecular formula is C23H28N2O2S. The third kappa shape index (κ3) is 4.53.